The zero-order valence-electron chi connectivity index (χ0n) is 12.7. The van der Waals surface area contributed by atoms with Crippen molar-refractivity contribution in [2.24, 2.45) is 0 Å². The smallest absolute Gasteiger partial charge is 0.106 e. The summed E-state index contributed by atoms with van der Waals surface area (Å²) in [6.07, 6.45) is 5.02. The molecule has 0 heterocycles. The summed E-state index contributed by atoms with van der Waals surface area (Å²) in [5.74, 6) is 0. The fraction of sp³-hybridized carbons (Fsp3) is 0.333. The van der Waals surface area contributed by atoms with E-state index in [9.17, 15) is 0 Å². The predicted molar refractivity (Wildman–Crippen MR) is 98.7 cm³/mol. The van der Waals surface area contributed by atoms with Gasteiger partial charge in [-0.2, -0.15) is 0 Å². The second-order valence-electron chi connectivity index (χ2n) is 5.79. The Hall–Kier alpha value is -1.13. The van der Waals surface area contributed by atoms with Gasteiger partial charge in [0.1, 0.15) is 16.1 Å². The lowest BCUT2D eigenvalue weighted by Gasteiger charge is -2.42. The second kappa shape index (κ2) is 7.05. The van der Waals surface area contributed by atoms with Crippen LogP contribution in [-0.2, 0) is 0 Å². The van der Waals surface area contributed by atoms with E-state index in [4.69, 9.17) is 0 Å². The van der Waals surface area contributed by atoms with Gasteiger partial charge in [0.15, 0.2) is 0 Å². The number of hydrogen-bond donors (Lipinski definition) is 0. The molecule has 0 aromatic rings. The zero-order chi connectivity index (χ0) is 15.2. The molecule has 2 atom stereocenters. The Labute approximate surface area is 127 Å². The summed E-state index contributed by atoms with van der Waals surface area (Å²) < 4.78 is 0. The van der Waals surface area contributed by atoms with Crippen molar-refractivity contribution in [2.75, 3.05) is 0 Å². The second-order valence-corrected chi connectivity index (χ2v) is 13.9. The molecule has 1 aliphatic carbocycles. The summed E-state index contributed by atoms with van der Waals surface area (Å²) >= 11 is 0. The Morgan fingerprint density at radius 3 is 1.15 bits per heavy atom. The summed E-state index contributed by atoms with van der Waals surface area (Å²) in [4.78, 5) is 0. The lowest BCUT2D eigenvalue weighted by Crippen LogP contribution is -2.42. The molecule has 0 N–H and O–H groups in total. The maximum absolute atomic E-state index is 4.07. The molecule has 1 saturated carbocycles. The van der Waals surface area contributed by atoms with E-state index < -0.39 is 16.1 Å². The van der Waals surface area contributed by atoms with Gasteiger partial charge in [-0.05, 0) is 11.1 Å². The highest BCUT2D eigenvalue weighted by molar-refractivity contribution is 6.95. The first-order valence-electron chi connectivity index (χ1n) is 7.39. The topological polar surface area (TPSA) is 0 Å². The third kappa shape index (κ3) is 2.81. The van der Waals surface area contributed by atoms with Gasteiger partial charge in [-0.3, -0.25) is 0 Å². The minimum Gasteiger partial charge on any atom is -0.106 e. The van der Waals surface area contributed by atoms with Crippen LogP contribution in [0.3, 0.4) is 0 Å². The molecule has 20 heavy (non-hydrogen) atoms. The van der Waals surface area contributed by atoms with Crippen LogP contribution in [-0.4, -0.2) is 16.1 Å². The standard InChI is InChI=1S/C18H28Si2/c1-7-19(8-2,9-3)17-14-13-15-18(16-17)20(10-4,11-5)12-6/h7-12,17-18H,1-6,13-16H2. The molecule has 1 rings (SSSR count). The van der Waals surface area contributed by atoms with Crippen LogP contribution in [0.1, 0.15) is 25.7 Å². The van der Waals surface area contributed by atoms with Gasteiger partial charge in [-0.25, -0.2) is 0 Å². The monoisotopic (exact) mass is 300 g/mol. The Morgan fingerprint density at radius 1 is 0.600 bits per heavy atom. The van der Waals surface area contributed by atoms with Crippen LogP contribution < -0.4 is 0 Å². The average Bonchev–Trinajstić information content (AvgIpc) is 2.52. The van der Waals surface area contributed by atoms with Gasteiger partial charge >= 0.3 is 0 Å². The quantitative estimate of drug-likeness (QED) is 0.516. The lowest BCUT2D eigenvalue weighted by molar-refractivity contribution is 0.488. The summed E-state index contributed by atoms with van der Waals surface area (Å²) in [7, 11) is -3.53. The van der Waals surface area contributed by atoms with E-state index in [1.807, 2.05) is 0 Å². The molecule has 0 nitrogen and oxygen atoms in total. The average molecular weight is 301 g/mol. The van der Waals surface area contributed by atoms with Gasteiger partial charge < -0.3 is 0 Å². The molecular weight excluding hydrogens is 272 g/mol. The van der Waals surface area contributed by atoms with Crippen molar-refractivity contribution in [2.45, 2.75) is 36.8 Å². The maximum Gasteiger partial charge on any atom is 0.127 e. The Bertz CT molecular complexity index is 338. The summed E-state index contributed by atoms with van der Waals surface area (Å²) in [5, 5.41) is 0. The van der Waals surface area contributed by atoms with Crippen LogP contribution in [0.5, 0.6) is 0 Å². The van der Waals surface area contributed by atoms with E-state index in [2.05, 4.69) is 73.7 Å². The molecule has 1 fully saturated rings. The summed E-state index contributed by atoms with van der Waals surface area (Å²) in [6, 6.07) is 0. The normalized spacial score (nSPS) is 23.4. The number of rotatable bonds is 8. The summed E-state index contributed by atoms with van der Waals surface area (Å²) in [5.41, 5.74) is 14.2. The van der Waals surface area contributed by atoms with Crippen LogP contribution in [0.15, 0.2) is 73.7 Å². The molecule has 0 aromatic heterocycles. The van der Waals surface area contributed by atoms with E-state index in [0.717, 1.165) is 0 Å². The van der Waals surface area contributed by atoms with Crippen molar-refractivity contribution >= 4 is 16.1 Å². The SMILES string of the molecule is C=C[Si](C=C)(C=C)C1CCCC([Si](C=C)(C=C)C=C)C1. The first kappa shape index (κ1) is 16.9. The highest BCUT2D eigenvalue weighted by Gasteiger charge is 2.42. The molecule has 1 aliphatic rings. The van der Waals surface area contributed by atoms with Gasteiger partial charge in [-0.1, -0.05) is 59.9 Å². The minimum absolute atomic E-state index is 0.667. The van der Waals surface area contributed by atoms with Crippen LogP contribution in [0, 0.1) is 0 Å². The fourth-order valence-corrected chi connectivity index (χ4v) is 9.63. The summed E-state index contributed by atoms with van der Waals surface area (Å²) in [6.45, 7) is 24.4. The van der Waals surface area contributed by atoms with Gasteiger partial charge in [0.25, 0.3) is 0 Å². The molecular formula is C18H28Si2. The van der Waals surface area contributed by atoms with Crippen molar-refractivity contribution in [1.29, 1.82) is 0 Å². The lowest BCUT2D eigenvalue weighted by atomic mass is 9.99. The highest BCUT2D eigenvalue weighted by Crippen LogP contribution is 2.48. The highest BCUT2D eigenvalue weighted by atomic mass is 28.3. The van der Waals surface area contributed by atoms with Crippen molar-refractivity contribution < 1.29 is 0 Å². The van der Waals surface area contributed by atoms with Crippen LogP contribution >= 0.6 is 0 Å². The molecule has 0 aromatic carbocycles. The van der Waals surface area contributed by atoms with Crippen molar-refractivity contribution in [3.63, 3.8) is 0 Å². The largest absolute Gasteiger partial charge is 0.127 e. The molecule has 108 valence electrons. The van der Waals surface area contributed by atoms with E-state index in [1.54, 1.807) is 0 Å². The third-order valence-corrected chi connectivity index (χ3v) is 13.3. The van der Waals surface area contributed by atoms with Crippen molar-refractivity contribution in [3.8, 4) is 0 Å². The molecule has 0 spiro atoms. The predicted octanol–water partition coefficient (Wildman–Crippen LogP) is 5.55. The first-order valence-corrected chi connectivity index (χ1v) is 12.0. The van der Waals surface area contributed by atoms with Crippen LogP contribution in [0.2, 0.25) is 11.1 Å². The third-order valence-electron chi connectivity index (χ3n) is 5.21. The molecule has 2 heteroatoms. The fourth-order valence-electron chi connectivity index (χ4n) is 3.60. The van der Waals surface area contributed by atoms with Crippen molar-refractivity contribution in [3.05, 3.63) is 73.7 Å². The van der Waals surface area contributed by atoms with Crippen LogP contribution in [0.4, 0.5) is 0 Å². The van der Waals surface area contributed by atoms with Gasteiger partial charge in [0.05, 0.1) is 0 Å². The van der Waals surface area contributed by atoms with Crippen LogP contribution in [0.25, 0.3) is 0 Å². The molecule has 0 radical (unpaired) electrons. The molecule has 0 saturated heterocycles. The Morgan fingerprint density at radius 2 is 0.900 bits per heavy atom. The Balaban J connectivity index is 3.07. The van der Waals surface area contributed by atoms with E-state index >= 15 is 0 Å². The first-order chi connectivity index (χ1) is 9.57. The number of hydrogen-bond acceptors (Lipinski definition) is 0. The van der Waals surface area contributed by atoms with E-state index in [1.165, 1.54) is 25.7 Å². The van der Waals surface area contributed by atoms with Crippen molar-refractivity contribution in [1.82, 2.24) is 0 Å². The molecule has 2 unspecified atom stereocenters. The molecule has 0 amide bonds. The molecule has 0 bridgehead atoms. The Kier molecular flexibility index (Phi) is 5.96. The van der Waals surface area contributed by atoms with Gasteiger partial charge in [0.2, 0.25) is 0 Å². The minimum atomic E-state index is -1.76. The zero-order valence-corrected chi connectivity index (χ0v) is 14.7. The maximum atomic E-state index is 4.07. The van der Waals surface area contributed by atoms with E-state index in [0.29, 0.717) is 11.1 Å². The van der Waals surface area contributed by atoms with Gasteiger partial charge in [0, 0.05) is 0 Å². The van der Waals surface area contributed by atoms with E-state index in [-0.39, 0.29) is 0 Å². The molecule has 0 aliphatic heterocycles. The van der Waals surface area contributed by atoms with Gasteiger partial charge in [-0.15, -0.1) is 39.5 Å².